The van der Waals surface area contributed by atoms with Crippen LogP contribution >= 0.6 is 0 Å². The predicted molar refractivity (Wildman–Crippen MR) is 173 cm³/mol. The lowest BCUT2D eigenvalue weighted by Crippen LogP contribution is -2.25. The van der Waals surface area contributed by atoms with Gasteiger partial charge in [-0.1, -0.05) is 32.0 Å². The van der Waals surface area contributed by atoms with Crippen LogP contribution in [0.25, 0.3) is 16.9 Å². The lowest BCUT2D eigenvalue weighted by atomic mass is 10.2. The highest BCUT2D eigenvalue weighted by molar-refractivity contribution is 7.89. The van der Waals surface area contributed by atoms with Crippen LogP contribution in [-0.2, 0) is 10.0 Å². The minimum atomic E-state index is -3.56. The van der Waals surface area contributed by atoms with Crippen LogP contribution in [0.3, 0.4) is 0 Å². The summed E-state index contributed by atoms with van der Waals surface area (Å²) in [7, 11) is -0.354. The van der Waals surface area contributed by atoms with Crippen molar-refractivity contribution in [3.63, 3.8) is 0 Å². The zero-order chi connectivity index (χ0) is 31.4. The number of rotatable bonds is 10. The predicted octanol–water partition coefficient (Wildman–Crippen LogP) is 6.38. The summed E-state index contributed by atoms with van der Waals surface area (Å²) >= 11 is 0. The Labute approximate surface area is 257 Å². The molecule has 1 aliphatic rings. The molecule has 5 aromatic rings. The van der Waals surface area contributed by atoms with Gasteiger partial charge in [0.1, 0.15) is 5.52 Å². The van der Waals surface area contributed by atoms with E-state index in [2.05, 4.69) is 20.3 Å². The molecule has 44 heavy (non-hydrogen) atoms. The normalized spacial score (nSPS) is 12.8. The van der Waals surface area contributed by atoms with Crippen molar-refractivity contribution in [3.05, 3.63) is 78.1 Å². The van der Waals surface area contributed by atoms with E-state index in [-0.39, 0.29) is 10.9 Å². The molecule has 0 atom stereocenters. The average Bonchev–Trinajstić information content (AvgIpc) is 3.77. The van der Waals surface area contributed by atoms with E-state index in [4.69, 9.17) is 19.6 Å². The summed E-state index contributed by atoms with van der Waals surface area (Å²) in [6.45, 7) is 7.85. The molecule has 2 heterocycles. The Kier molecular flexibility index (Phi) is 9.02. The summed E-state index contributed by atoms with van der Waals surface area (Å²) < 4.78 is 40.8. The van der Waals surface area contributed by atoms with E-state index < -0.39 is 10.0 Å². The Morgan fingerprint density at radius 2 is 1.61 bits per heavy atom. The number of hydrogen-bond donors (Lipinski definition) is 3. The summed E-state index contributed by atoms with van der Waals surface area (Å²) in [4.78, 5) is 9.51. The largest absolute Gasteiger partial charge is 0.493 e. The number of ether oxygens (including phenoxy) is 2. The second-order valence-electron chi connectivity index (χ2n) is 10.2. The van der Waals surface area contributed by atoms with E-state index in [0.717, 1.165) is 46.6 Å². The van der Waals surface area contributed by atoms with Gasteiger partial charge in [-0.05, 0) is 68.7 Å². The molecular weight excluding hydrogens is 578 g/mol. The highest BCUT2D eigenvalue weighted by Gasteiger charge is 2.28. The monoisotopic (exact) mass is 615 g/mol. The van der Waals surface area contributed by atoms with E-state index in [9.17, 15) is 8.42 Å². The standard InChI is InChI=1S/C30H31N7O4S.C2H6/c1-18-13-24(16-27(40-3)28(18)41-4)34-30-31-17-26-19(2)32-29(37(26)35-30)20-7-5-8-22(14-20)33-23-9-6-10-25(15-23)42(38,39)36-21-11-12-21;1-2/h5-10,13-17,21,33,36H,11-12H2,1-4H3,(H,34,35);1-2H3. The molecule has 1 aliphatic carbocycles. The maximum Gasteiger partial charge on any atom is 0.245 e. The number of fused-ring (bicyclic) bond motifs is 1. The summed E-state index contributed by atoms with van der Waals surface area (Å²) in [5.41, 5.74) is 5.50. The van der Waals surface area contributed by atoms with Gasteiger partial charge in [0, 0.05) is 34.7 Å². The molecule has 6 rings (SSSR count). The molecule has 1 saturated carbocycles. The molecule has 2 aromatic heterocycles. The Bertz CT molecular complexity index is 1900. The molecular formula is C32H37N7O4S. The second kappa shape index (κ2) is 12.9. The van der Waals surface area contributed by atoms with Crippen LogP contribution < -0.4 is 24.8 Å². The third-order valence-corrected chi connectivity index (χ3v) is 8.47. The Morgan fingerprint density at radius 1 is 0.886 bits per heavy atom. The molecule has 0 radical (unpaired) electrons. The van der Waals surface area contributed by atoms with Crippen molar-refractivity contribution >= 4 is 38.6 Å². The van der Waals surface area contributed by atoms with Crippen LogP contribution in [0.5, 0.6) is 11.5 Å². The topological polar surface area (TPSA) is 132 Å². The smallest absolute Gasteiger partial charge is 0.245 e. The quantitative estimate of drug-likeness (QED) is 0.164. The van der Waals surface area contributed by atoms with Gasteiger partial charge < -0.3 is 20.1 Å². The summed E-state index contributed by atoms with van der Waals surface area (Å²) in [5.74, 6) is 2.31. The van der Waals surface area contributed by atoms with Crippen molar-refractivity contribution in [2.24, 2.45) is 0 Å². The fourth-order valence-corrected chi connectivity index (χ4v) is 6.11. The summed E-state index contributed by atoms with van der Waals surface area (Å²) in [6, 6.07) is 18.3. The SMILES string of the molecule is CC.COc1cc(Nc2ncc3c(C)nc(-c4cccc(Nc5cccc(S(=O)(=O)NC6CC6)c5)c4)n3n2)cc(C)c1OC. The number of hydrogen-bond acceptors (Lipinski definition) is 9. The van der Waals surface area contributed by atoms with Gasteiger partial charge in [-0.2, -0.15) is 0 Å². The number of benzene rings is 3. The first-order chi connectivity index (χ1) is 21.2. The molecule has 0 unspecified atom stereocenters. The molecule has 0 spiro atoms. The third kappa shape index (κ3) is 6.61. The highest BCUT2D eigenvalue weighted by atomic mass is 32.2. The lowest BCUT2D eigenvalue weighted by molar-refractivity contribution is 0.353. The number of imidazole rings is 1. The molecule has 1 fully saturated rings. The molecule has 3 N–H and O–H groups in total. The van der Waals surface area contributed by atoms with Crippen molar-refractivity contribution in [3.8, 4) is 22.9 Å². The molecule has 11 nitrogen and oxygen atoms in total. The zero-order valence-electron chi connectivity index (χ0n) is 25.7. The number of methoxy groups -OCH3 is 2. The maximum absolute atomic E-state index is 12.7. The lowest BCUT2D eigenvalue weighted by Gasteiger charge is -2.13. The van der Waals surface area contributed by atoms with Crippen LogP contribution in [0.4, 0.5) is 23.0 Å². The number of nitrogens with one attached hydrogen (secondary N) is 3. The minimum Gasteiger partial charge on any atom is -0.493 e. The first kappa shape index (κ1) is 30.8. The van der Waals surface area contributed by atoms with E-state index in [1.807, 2.05) is 70.2 Å². The van der Waals surface area contributed by atoms with Gasteiger partial charge in [-0.15, -0.1) is 5.10 Å². The Balaban J connectivity index is 0.00000188. The number of aryl methyl sites for hydroxylation is 2. The number of aromatic nitrogens is 4. The highest BCUT2D eigenvalue weighted by Crippen LogP contribution is 2.35. The molecule has 0 amide bonds. The number of sulfonamides is 1. The molecule has 230 valence electrons. The molecule has 0 bridgehead atoms. The fourth-order valence-electron chi connectivity index (χ4n) is 4.76. The third-order valence-electron chi connectivity index (χ3n) is 6.95. The van der Waals surface area contributed by atoms with Crippen LogP contribution in [0.2, 0.25) is 0 Å². The second-order valence-corrected chi connectivity index (χ2v) is 11.9. The molecule has 0 saturated heterocycles. The van der Waals surface area contributed by atoms with E-state index in [0.29, 0.717) is 29.0 Å². The molecule has 12 heteroatoms. The van der Waals surface area contributed by atoms with Gasteiger partial charge in [0.15, 0.2) is 17.3 Å². The molecule has 0 aliphatic heterocycles. The minimum absolute atomic E-state index is 0.0406. The first-order valence-electron chi connectivity index (χ1n) is 14.5. The van der Waals surface area contributed by atoms with Gasteiger partial charge in [0.25, 0.3) is 0 Å². The van der Waals surface area contributed by atoms with Crippen LogP contribution in [0.15, 0.2) is 71.8 Å². The van der Waals surface area contributed by atoms with Crippen molar-refractivity contribution in [2.75, 3.05) is 24.9 Å². The van der Waals surface area contributed by atoms with Gasteiger partial charge in [-0.3, -0.25) is 0 Å². The van der Waals surface area contributed by atoms with Crippen molar-refractivity contribution < 1.29 is 17.9 Å². The molecule has 3 aromatic carbocycles. The van der Waals surface area contributed by atoms with Crippen molar-refractivity contribution in [1.29, 1.82) is 0 Å². The van der Waals surface area contributed by atoms with Gasteiger partial charge in [0.05, 0.1) is 31.0 Å². The Morgan fingerprint density at radius 3 is 2.32 bits per heavy atom. The summed E-state index contributed by atoms with van der Waals surface area (Å²) in [6.07, 6.45) is 3.49. The number of nitrogens with zero attached hydrogens (tertiary/aromatic N) is 4. The Hall–Kier alpha value is -4.68. The number of anilines is 4. The van der Waals surface area contributed by atoms with Crippen LogP contribution in [0, 0.1) is 13.8 Å². The van der Waals surface area contributed by atoms with Gasteiger partial charge >= 0.3 is 0 Å². The first-order valence-corrected chi connectivity index (χ1v) is 15.9. The average molecular weight is 616 g/mol. The summed E-state index contributed by atoms with van der Waals surface area (Å²) in [5, 5.41) is 11.3. The van der Waals surface area contributed by atoms with Gasteiger partial charge in [-0.25, -0.2) is 27.6 Å². The van der Waals surface area contributed by atoms with E-state index >= 15 is 0 Å². The van der Waals surface area contributed by atoms with E-state index in [1.54, 1.807) is 43.1 Å². The van der Waals surface area contributed by atoms with E-state index in [1.165, 1.54) is 0 Å². The van der Waals surface area contributed by atoms with Crippen LogP contribution in [0.1, 0.15) is 37.9 Å². The maximum atomic E-state index is 12.7. The van der Waals surface area contributed by atoms with Gasteiger partial charge in [0.2, 0.25) is 16.0 Å². The van der Waals surface area contributed by atoms with Crippen molar-refractivity contribution in [2.45, 2.75) is 51.5 Å². The van der Waals surface area contributed by atoms with Crippen LogP contribution in [-0.4, -0.2) is 48.3 Å². The fraction of sp³-hybridized carbons (Fsp3) is 0.281. The zero-order valence-corrected chi connectivity index (χ0v) is 26.5. The van der Waals surface area contributed by atoms with Crippen molar-refractivity contribution in [1.82, 2.24) is 24.3 Å².